The number of urea groups is 1. The summed E-state index contributed by atoms with van der Waals surface area (Å²) in [7, 11) is 1.72. The van der Waals surface area contributed by atoms with Crippen molar-refractivity contribution in [3.05, 3.63) is 20.8 Å². The Hall–Kier alpha value is -0.590. The minimum Gasteiger partial charge on any atom is -0.393 e. The molecule has 17 heavy (non-hydrogen) atoms. The largest absolute Gasteiger partial charge is 0.393 e. The van der Waals surface area contributed by atoms with Crippen LogP contribution >= 0.6 is 27.3 Å². The number of aliphatic hydroxyl groups excluding tert-OH is 1. The summed E-state index contributed by atoms with van der Waals surface area (Å²) in [6.45, 7) is 2.81. The summed E-state index contributed by atoms with van der Waals surface area (Å²) in [6, 6.07) is 1.87. The Kier molecular flexibility index (Phi) is 5.94. The number of nitrogens with zero attached hydrogens (tertiary/aromatic N) is 1. The van der Waals surface area contributed by atoms with Crippen molar-refractivity contribution >= 4 is 33.3 Å². The molecule has 0 aliphatic heterocycles. The third kappa shape index (κ3) is 5.52. The maximum absolute atomic E-state index is 11.7. The molecule has 0 aliphatic carbocycles. The lowest BCUT2D eigenvalue weighted by Gasteiger charge is -2.18. The summed E-state index contributed by atoms with van der Waals surface area (Å²) < 4.78 is 1.04. The average Bonchev–Trinajstić information content (AvgIpc) is 2.68. The van der Waals surface area contributed by atoms with E-state index in [-0.39, 0.29) is 12.1 Å². The first-order valence-corrected chi connectivity index (χ1v) is 7.06. The highest BCUT2D eigenvalue weighted by atomic mass is 79.9. The summed E-state index contributed by atoms with van der Waals surface area (Å²) >= 11 is 4.97. The Bertz CT molecular complexity index is 368. The number of carbonyl (C=O) groups excluding carboxylic acids is 1. The second kappa shape index (κ2) is 6.98. The van der Waals surface area contributed by atoms with E-state index in [1.165, 1.54) is 0 Å². The molecule has 2 amide bonds. The van der Waals surface area contributed by atoms with Gasteiger partial charge in [0.05, 0.1) is 12.6 Å². The topological polar surface area (TPSA) is 52.6 Å². The molecule has 1 rings (SSSR count). The Morgan fingerprint density at radius 3 is 2.94 bits per heavy atom. The van der Waals surface area contributed by atoms with Crippen LogP contribution in [0.2, 0.25) is 0 Å². The molecule has 1 atom stereocenters. The summed E-state index contributed by atoms with van der Waals surface area (Å²) in [5.41, 5.74) is 0. The molecule has 2 N–H and O–H groups in total. The fourth-order valence-corrected chi connectivity index (χ4v) is 2.62. The van der Waals surface area contributed by atoms with Crippen molar-refractivity contribution in [2.45, 2.75) is 26.0 Å². The Morgan fingerprint density at radius 2 is 2.41 bits per heavy atom. The van der Waals surface area contributed by atoms with Crippen molar-refractivity contribution in [1.82, 2.24) is 10.2 Å². The normalized spacial score (nSPS) is 12.2. The van der Waals surface area contributed by atoms with Crippen LogP contribution in [0.4, 0.5) is 4.79 Å². The quantitative estimate of drug-likeness (QED) is 0.875. The maximum atomic E-state index is 11.7. The molecule has 0 saturated carbocycles. The van der Waals surface area contributed by atoms with E-state index in [0.29, 0.717) is 19.5 Å². The predicted octanol–water partition coefficient (Wildman–Crippen LogP) is 2.42. The van der Waals surface area contributed by atoms with Crippen LogP contribution in [-0.4, -0.2) is 35.7 Å². The van der Waals surface area contributed by atoms with Crippen molar-refractivity contribution in [3.63, 3.8) is 0 Å². The number of hydrogen-bond acceptors (Lipinski definition) is 3. The van der Waals surface area contributed by atoms with Crippen LogP contribution in [0.5, 0.6) is 0 Å². The van der Waals surface area contributed by atoms with Gasteiger partial charge in [0.15, 0.2) is 0 Å². The lowest BCUT2D eigenvalue weighted by molar-refractivity contribution is 0.163. The molecule has 0 spiro atoms. The average molecular weight is 321 g/mol. The zero-order valence-electron chi connectivity index (χ0n) is 9.94. The van der Waals surface area contributed by atoms with Crippen molar-refractivity contribution in [3.8, 4) is 0 Å². The number of amides is 2. The van der Waals surface area contributed by atoms with Crippen LogP contribution in [0.15, 0.2) is 15.9 Å². The SMILES string of the molecule is CC(O)CCN(C)C(=O)NCc1cc(Br)cs1. The molecule has 0 radical (unpaired) electrons. The lowest BCUT2D eigenvalue weighted by Crippen LogP contribution is -2.38. The van der Waals surface area contributed by atoms with Gasteiger partial charge in [-0.05, 0) is 35.3 Å². The van der Waals surface area contributed by atoms with Crippen molar-refractivity contribution in [2.75, 3.05) is 13.6 Å². The fraction of sp³-hybridized carbons (Fsp3) is 0.545. The van der Waals surface area contributed by atoms with Gasteiger partial charge in [-0.2, -0.15) is 0 Å². The molecule has 0 fully saturated rings. The van der Waals surface area contributed by atoms with Crippen LogP contribution in [0.3, 0.4) is 0 Å². The van der Waals surface area contributed by atoms with Crippen molar-refractivity contribution < 1.29 is 9.90 Å². The number of hydrogen-bond donors (Lipinski definition) is 2. The van der Waals surface area contributed by atoms with Gasteiger partial charge in [0.2, 0.25) is 0 Å². The molecular formula is C11H17BrN2O2S. The Labute approximate surface area is 114 Å². The molecule has 0 aromatic carbocycles. The summed E-state index contributed by atoms with van der Waals surface area (Å²) in [5.74, 6) is 0. The van der Waals surface area contributed by atoms with Crippen molar-refractivity contribution in [2.24, 2.45) is 0 Å². The highest BCUT2D eigenvalue weighted by Crippen LogP contribution is 2.19. The Balaban J connectivity index is 2.29. The zero-order valence-corrected chi connectivity index (χ0v) is 12.3. The van der Waals surface area contributed by atoms with Crippen LogP contribution in [0.1, 0.15) is 18.2 Å². The second-order valence-corrected chi connectivity index (χ2v) is 5.86. The summed E-state index contributed by atoms with van der Waals surface area (Å²) in [6.07, 6.45) is 0.215. The highest BCUT2D eigenvalue weighted by molar-refractivity contribution is 9.10. The minimum absolute atomic E-state index is 0.116. The van der Waals surface area contributed by atoms with E-state index in [2.05, 4.69) is 21.2 Å². The molecular weight excluding hydrogens is 304 g/mol. The van der Waals surface area contributed by atoms with Gasteiger partial charge < -0.3 is 15.3 Å². The number of nitrogens with one attached hydrogen (secondary N) is 1. The number of carbonyl (C=O) groups is 1. The maximum Gasteiger partial charge on any atom is 0.317 e. The molecule has 1 unspecified atom stereocenters. The van der Waals surface area contributed by atoms with E-state index in [1.807, 2.05) is 11.4 Å². The monoisotopic (exact) mass is 320 g/mol. The fourth-order valence-electron chi connectivity index (χ4n) is 1.23. The molecule has 1 heterocycles. The van der Waals surface area contributed by atoms with Crippen LogP contribution < -0.4 is 5.32 Å². The highest BCUT2D eigenvalue weighted by Gasteiger charge is 2.09. The predicted molar refractivity (Wildman–Crippen MR) is 73.2 cm³/mol. The molecule has 0 saturated heterocycles. The molecule has 0 bridgehead atoms. The Morgan fingerprint density at radius 1 is 1.71 bits per heavy atom. The third-order valence-corrected chi connectivity index (χ3v) is 3.96. The van der Waals surface area contributed by atoms with Gasteiger partial charge in [-0.1, -0.05) is 0 Å². The number of thiophene rings is 1. The lowest BCUT2D eigenvalue weighted by atomic mass is 10.3. The van der Waals surface area contributed by atoms with E-state index in [4.69, 9.17) is 5.11 Å². The molecule has 4 nitrogen and oxygen atoms in total. The number of aliphatic hydroxyl groups is 1. The molecule has 6 heteroatoms. The van der Waals surface area contributed by atoms with Crippen LogP contribution in [0, 0.1) is 0 Å². The minimum atomic E-state index is -0.376. The van der Waals surface area contributed by atoms with Gasteiger partial charge in [-0.25, -0.2) is 4.79 Å². The van der Waals surface area contributed by atoms with E-state index < -0.39 is 0 Å². The first-order valence-electron chi connectivity index (χ1n) is 5.39. The number of halogens is 1. The first kappa shape index (κ1) is 14.5. The van der Waals surface area contributed by atoms with E-state index >= 15 is 0 Å². The second-order valence-electron chi connectivity index (χ2n) is 3.95. The summed E-state index contributed by atoms with van der Waals surface area (Å²) in [5, 5.41) is 13.9. The van der Waals surface area contributed by atoms with Crippen LogP contribution in [0.25, 0.3) is 0 Å². The first-order chi connectivity index (χ1) is 7.99. The van der Waals surface area contributed by atoms with Gasteiger partial charge in [0.1, 0.15) is 0 Å². The van der Waals surface area contributed by atoms with E-state index in [0.717, 1.165) is 9.35 Å². The van der Waals surface area contributed by atoms with E-state index in [9.17, 15) is 4.79 Å². The number of rotatable bonds is 5. The van der Waals surface area contributed by atoms with Crippen molar-refractivity contribution in [1.29, 1.82) is 0 Å². The van der Waals surface area contributed by atoms with Gasteiger partial charge in [-0.15, -0.1) is 11.3 Å². The third-order valence-electron chi connectivity index (χ3n) is 2.26. The summed E-state index contributed by atoms with van der Waals surface area (Å²) in [4.78, 5) is 14.3. The molecule has 0 aliphatic rings. The molecule has 1 aromatic rings. The zero-order chi connectivity index (χ0) is 12.8. The smallest absolute Gasteiger partial charge is 0.317 e. The molecule has 1 aromatic heterocycles. The van der Waals surface area contributed by atoms with Gasteiger partial charge in [0, 0.05) is 28.3 Å². The standard InChI is InChI=1S/C11H17BrN2O2S/c1-8(15)3-4-14(2)11(16)13-6-10-5-9(12)7-17-10/h5,7-8,15H,3-4,6H2,1-2H3,(H,13,16). The molecule has 96 valence electrons. The van der Waals surface area contributed by atoms with Crippen LogP contribution in [-0.2, 0) is 6.54 Å². The van der Waals surface area contributed by atoms with E-state index in [1.54, 1.807) is 30.2 Å². The van der Waals surface area contributed by atoms with Gasteiger partial charge in [-0.3, -0.25) is 0 Å². The van der Waals surface area contributed by atoms with Gasteiger partial charge >= 0.3 is 6.03 Å². The van der Waals surface area contributed by atoms with Gasteiger partial charge in [0.25, 0.3) is 0 Å².